The Balaban J connectivity index is 1.89. The molecule has 1 unspecified atom stereocenters. The van der Waals surface area contributed by atoms with Gasteiger partial charge in [0, 0.05) is 24.7 Å². The summed E-state index contributed by atoms with van der Waals surface area (Å²) >= 11 is 0. The Morgan fingerprint density at radius 1 is 1.09 bits per heavy atom. The number of nitrogens with zero attached hydrogens (tertiary/aromatic N) is 2. The van der Waals surface area contributed by atoms with Gasteiger partial charge in [-0.1, -0.05) is 19.4 Å². The van der Waals surface area contributed by atoms with Crippen molar-refractivity contribution < 1.29 is 4.74 Å². The van der Waals surface area contributed by atoms with Crippen LogP contribution in [0.1, 0.15) is 62.3 Å². The quantitative estimate of drug-likeness (QED) is 0.816. The summed E-state index contributed by atoms with van der Waals surface area (Å²) in [5, 5.41) is 0. The van der Waals surface area contributed by atoms with Gasteiger partial charge in [-0.25, -0.2) is 0 Å². The minimum atomic E-state index is 0.544. The maximum Gasteiger partial charge on any atom is 0.124 e. The van der Waals surface area contributed by atoms with Crippen LogP contribution in [0.3, 0.4) is 0 Å². The lowest BCUT2D eigenvalue weighted by Gasteiger charge is -2.35. The summed E-state index contributed by atoms with van der Waals surface area (Å²) in [6.07, 6.45) is 6.42. The minimum absolute atomic E-state index is 0.544. The average Bonchev–Trinajstić information content (AvgIpc) is 2.57. The molecule has 2 aliphatic heterocycles. The summed E-state index contributed by atoms with van der Waals surface area (Å²) in [7, 11) is 2.25. The maximum absolute atomic E-state index is 6.03. The molecule has 0 spiro atoms. The van der Waals surface area contributed by atoms with E-state index in [0.717, 1.165) is 18.9 Å². The van der Waals surface area contributed by atoms with E-state index in [4.69, 9.17) is 4.74 Å². The average molecular weight is 316 g/mol. The zero-order chi connectivity index (χ0) is 16.2. The van der Waals surface area contributed by atoms with Crippen LogP contribution in [-0.4, -0.2) is 43.1 Å². The molecule has 23 heavy (non-hydrogen) atoms. The molecular weight excluding hydrogens is 284 g/mol. The molecule has 2 aliphatic rings. The predicted octanol–water partition coefficient (Wildman–Crippen LogP) is 4.01. The van der Waals surface area contributed by atoms with Gasteiger partial charge in [-0.3, -0.25) is 9.80 Å². The first-order chi connectivity index (χ1) is 11.2. The van der Waals surface area contributed by atoms with Crippen molar-refractivity contribution in [3.05, 3.63) is 28.8 Å². The van der Waals surface area contributed by atoms with Gasteiger partial charge >= 0.3 is 0 Å². The number of rotatable bonds is 5. The van der Waals surface area contributed by atoms with Crippen molar-refractivity contribution >= 4 is 0 Å². The largest absolute Gasteiger partial charge is 0.494 e. The van der Waals surface area contributed by atoms with E-state index in [9.17, 15) is 0 Å². The molecule has 0 saturated carbocycles. The van der Waals surface area contributed by atoms with Gasteiger partial charge in [-0.2, -0.15) is 0 Å². The molecule has 0 aliphatic carbocycles. The minimum Gasteiger partial charge on any atom is -0.494 e. The van der Waals surface area contributed by atoms with Gasteiger partial charge < -0.3 is 4.74 Å². The van der Waals surface area contributed by atoms with Gasteiger partial charge in [-0.05, 0) is 69.9 Å². The van der Waals surface area contributed by atoms with E-state index in [0.29, 0.717) is 6.04 Å². The lowest BCUT2D eigenvalue weighted by molar-refractivity contribution is 0.213. The van der Waals surface area contributed by atoms with Crippen molar-refractivity contribution in [2.24, 2.45) is 0 Å². The van der Waals surface area contributed by atoms with E-state index >= 15 is 0 Å². The Kier molecular flexibility index (Phi) is 5.60. The van der Waals surface area contributed by atoms with Gasteiger partial charge in [0.1, 0.15) is 5.75 Å². The number of piperidine rings is 1. The Hall–Kier alpha value is -1.06. The number of benzene rings is 1. The first kappa shape index (κ1) is 16.8. The number of likely N-dealkylation sites (N-methyl/N-ethyl adjacent to an activating group) is 1. The first-order valence-corrected chi connectivity index (χ1v) is 9.44. The second-order valence-electron chi connectivity index (χ2n) is 7.08. The van der Waals surface area contributed by atoms with E-state index in [1.807, 2.05) is 0 Å². The van der Waals surface area contributed by atoms with Crippen molar-refractivity contribution in [1.29, 1.82) is 0 Å². The van der Waals surface area contributed by atoms with Gasteiger partial charge in [-0.15, -0.1) is 0 Å². The maximum atomic E-state index is 6.03. The predicted molar refractivity (Wildman–Crippen MR) is 96.1 cm³/mol. The van der Waals surface area contributed by atoms with Crippen molar-refractivity contribution in [3.63, 3.8) is 0 Å². The Labute approximate surface area is 141 Å². The highest BCUT2D eigenvalue weighted by Gasteiger charge is 2.25. The SMILES string of the molecule is CCOc1cc2c(cc1CN1CCCCC1)CCN(C)C2CC. The zero-order valence-electron chi connectivity index (χ0n) is 15.1. The summed E-state index contributed by atoms with van der Waals surface area (Å²) in [6.45, 7) is 9.83. The molecule has 1 saturated heterocycles. The molecule has 1 aromatic carbocycles. The van der Waals surface area contributed by atoms with Gasteiger partial charge in [0.05, 0.1) is 6.61 Å². The van der Waals surface area contributed by atoms with Crippen molar-refractivity contribution in [1.82, 2.24) is 9.80 Å². The first-order valence-electron chi connectivity index (χ1n) is 9.44. The number of hydrogen-bond acceptors (Lipinski definition) is 3. The van der Waals surface area contributed by atoms with Crippen LogP contribution in [0.5, 0.6) is 5.75 Å². The van der Waals surface area contributed by atoms with Crippen molar-refractivity contribution in [2.75, 3.05) is 33.3 Å². The Morgan fingerprint density at radius 2 is 1.87 bits per heavy atom. The third-order valence-corrected chi connectivity index (χ3v) is 5.48. The van der Waals surface area contributed by atoms with Crippen molar-refractivity contribution in [2.45, 2.75) is 58.5 Å². The number of hydrogen-bond donors (Lipinski definition) is 0. The fourth-order valence-corrected chi connectivity index (χ4v) is 4.21. The molecule has 0 aromatic heterocycles. The lowest BCUT2D eigenvalue weighted by atomic mass is 9.89. The van der Waals surface area contributed by atoms with E-state index in [1.54, 1.807) is 5.56 Å². The molecule has 1 aromatic rings. The molecule has 1 atom stereocenters. The fourth-order valence-electron chi connectivity index (χ4n) is 4.21. The third kappa shape index (κ3) is 3.72. The summed E-state index contributed by atoms with van der Waals surface area (Å²) in [4.78, 5) is 5.09. The van der Waals surface area contributed by atoms with E-state index in [2.05, 4.69) is 42.8 Å². The van der Waals surface area contributed by atoms with Gasteiger partial charge in [0.15, 0.2) is 0 Å². The van der Waals surface area contributed by atoms with Crippen LogP contribution in [0.25, 0.3) is 0 Å². The second-order valence-corrected chi connectivity index (χ2v) is 7.08. The van der Waals surface area contributed by atoms with Gasteiger partial charge in [0.2, 0.25) is 0 Å². The van der Waals surface area contributed by atoms with E-state index in [-0.39, 0.29) is 0 Å². The van der Waals surface area contributed by atoms with Crippen LogP contribution >= 0.6 is 0 Å². The monoisotopic (exact) mass is 316 g/mol. The van der Waals surface area contributed by atoms with Crippen LogP contribution in [0, 0.1) is 0 Å². The van der Waals surface area contributed by atoms with Crippen LogP contribution in [0.4, 0.5) is 0 Å². The van der Waals surface area contributed by atoms with E-state index < -0.39 is 0 Å². The standard InChI is InChI=1S/C20H32N2O/c1-4-19-18-14-20(23-5-2)17(13-16(18)9-12-21(19)3)15-22-10-7-6-8-11-22/h13-14,19H,4-12,15H2,1-3H3. The summed E-state index contributed by atoms with van der Waals surface area (Å²) in [5.74, 6) is 1.12. The molecule has 3 nitrogen and oxygen atoms in total. The molecule has 128 valence electrons. The molecule has 0 bridgehead atoms. The molecular formula is C20H32N2O. The number of ether oxygens (including phenoxy) is 1. The number of likely N-dealkylation sites (tertiary alicyclic amines) is 1. The molecule has 1 fully saturated rings. The second kappa shape index (κ2) is 7.67. The Morgan fingerprint density at radius 3 is 2.57 bits per heavy atom. The molecule has 2 heterocycles. The molecule has 3 rings (SSSR count). The normalized spacial score (nSPS) is 22.8. The van der Waals surface area contributed by atoms with E-state index in [1.165, 1.54) is 62.9 Å². The third-order valence-electron chi connectivity index (χ3n) is 5.48. The highest BCUT2D eigenvalue weighted by atomic mass is 16.5. The Bertz CT molecular complexity index is 523. The molecule has 0 N–H and O–H groups in total. The topological polar surface area (TPSA) is 15.7 Å². The summed E-state index contributed by atoms with van der Waals surface area (Å²) in [5.41, 5.74) is 4.43. The molecule has 0 radical (unpaired) electrons. The summed E-state index contributed by atoms with van der Waals surface area (Å²) in [6, 6.07) is 5.34. The molecule has 0 amide bonds. The van der Waals surface area contributed by atoms with Gasteiger partial charge in [0.25, 0.3) is 0 Å². The van der Waals surface area contributed by atoms with Crippen LogP contribution < -0.4 is 4.74 Å². The molecule has 3 heteroatoms. The van der Waals surface area contributed by atoms with Crippen LogP contribution in [0.15, 0.2) is 12.1 Å². The van der Waals surface area contributed by atoms with Crippen LogP contribution in [-0.2, 0) is 13.0 Å². The summed E-state index contributed by atoms with van der Waals surface area (Å²) < 4.78 is 6.03. The zero-order valence-corrected chi connectivity index (χ0v) is 15.1. The highest BCUT2D eigenvalue weighted by molar-refractivity contribution is 5.45. The smallest absolute Gasteiger partial charge is 0.124 e. The lowest BCUT2D eigenvalue weighted by Crippen LogP contribution is -2.32. The fraction of sp³-hybridized carbons (Fsp3) is 0.700. The van der Waals surface area contributed by atoms with Crippen molar-refractivity contribution in [3.8, 4) is 5.75 Å². The highest BCUT2D eigenvalue weighted by Crippen LogP contribution is 2.36. The van der Waals surface area contributed by atoms with Crippen LogP contribution in [0.2, 0.25) is 0 Å². The number of fused-ring (bicyclic) bond motifs is 1.